The number of nitrogens with zero attached hydrogens (tertiary/aromatic N) is 4. The van der Waals surface area contributed by atoms with Gasteiger partial charge in [-0.25, -0.2) is 0 Å². The summed E-state index contributed by atoms with van der Waals surface area (Å²) in [6.07, 6.45) is 4.78. The molecular formula is C23H29N5O2. The molecule has 0 saturated heterocycles. The Bertz CT molecular complexity index is 1010. The van der Waals surface area contributed by atoms with Gasteiger partial charge >= 0.3 is 0 Å². The van der Waals surface area contributed by atoms with E-state index in [0.717, 1.165) is 48.4 Å². The van der Waals surface area contributed by atoms with E-state index >= 15 is 0 Å². The van der Waals surface area contributed by atoms with Crippen molar-refractivity contribution in [3.63, 3.8) is 0 Å². The Labute approximate surface area is 177 Å². The van der Waals surface area contributed by atoms with E-state index in [-0.39, 0.29) is 0 Å². The Morgan fingerprint density at radius 3 is 2.73 bits per heavy atom. The van der Waals surface area contributed by atoms with Gasteiger partial charge in [-0.05, 0) is 69.3 Å². The minimum atomic E-state index is -0.496. The van der Waals surface area contributed by atoms with Gasteiger partial charge in [-0.3, -0.25) is 14.5 Å². The van der Waals surface area contributed by atoms with Gasteiger partial charge in [0.15, 0.2) is 0 Å². The standard InChI is InChI=1S/C23H29N5O2/c1-16-13-20(23(24)29)22(26-17(16)2)19-14-18(7-8-21(19)30-4)15-27(3)10-6-12-28-11-5-9-25-28/h5,7-9,11,13-14H,6,10,12,15H2,1-4H3,(H2,24,29). The van der Waals surface area contributed by atoms with Crippen LogP contribution in [0.5, 0.6) is 5.75 Å². The number of amides is 1. The molecule has 2 aromatic heterocycles. The number of carbonyl (C=O) groups is 1. The van der Waals surface area contributed by atoms with Crippen LogP contribution in [0.15, 0.2) is 42.7 Å². The molecule has 0 radical (unpaired) electrons. The lowest BCUT2D eigenvalue weighted by atomic mass is 9.99. The minimum Gasteiger partial charge on any atom is -0.496 e. The van der Waals surface area contributed by atoms with Crippen molar-refractivity contribution in [3.8, 4) is 17.0 Å². The number of ether oxygens (including phenoxy) is 1. The maximum absolute atomic E-state index is 12.1. The van der Waals surface area contributed by atoms with E-state index in [2.05, 4.69) is 22.0 Å². The number of nitrogens with two attached hydrogens (primary N) is 1. The first kappa shape index (κ1) is 21.5. The third-order valence-corrected chi connectivity index (χ3v) is 5.19. The second kappa shape index (κ2) is 9.54. The first-order valence-corrected chi connectivity index (χ1v) is 10.0. The molecule has 0 spiro atoms. The van der Waals surface area contributed by atoms with Crippen LogP contribution in [0.1, 0.15) is 33.6 Å². The second-order valence-electron chi connectivity index (χ2n) is 7.55. The summed E-state index contributed by atoms with van der Waals surface area (Å²) in [5, 5.41) is 4.24. The summed E-state index contributed by atoms with van der Waals surface area (Å²) in [7, 11) is 3.71. The molecule has 7 heteroatoms. The third-order valence-electron chi connectivity index (χ3n) is 5.19. The fourth-order valence-corrected chi connectivity index (χ4v) is 3.46. The molecule has 7 nitrogen and oxygen atoms in total. The van der Waals surface area contributed by atoms with Crippen LogP contribution in [0, 0.1) is 13.8 Å². The molecule has 0 aliphatic carbocycles. The number of hydrogen-bond acceptors (Lipinski definition) is 5. The number of methoxy groups -OCH3 is 1. The van der Waals surface area contributed by atoms with Gasteiger partial charge in [-0.2, -0.15) is 5.10 Å². The number of carbonyl (C=O) groups excluding carboxylic acids is 1. The zero-order valence-corrected chi connectivity index (χ0v) is 18.1. The van der Waals surface area contributed by atoms with Gasteiger partial charge in [0.2, 0.25) is 0 Å². The maximum atomic E-state index is 12.1. The monoisotopic (exact) mass is 407 g/mol. The van der Waals surface area contributed by atoms with Gasteiger partial charge < -0.3 is 15.4 Å². The predicted octanol–water partition coefficient (Wildman–Crippen LogP) is 3.19. The fraction of sp³-hybridized carbons (Fsp3) is 0.348. The minimum absolute atomic E-state index is 0.404. The van der Waals surface area contributed by atoms with Gasteiger partial charge in [0.1, 0.15) is 5.75 Å². The van der Waals surface area contributed by atoms with Gasteiger partial charge in [0.25, 0.3) is 5.91 Å². The van der Waals surface area contributed by atoms with Crippen molar-refractivity contribution in [2.24, 2.45) is 5.73 Å². The van der Waals surface area contributed by atoms with Crippen LogP contribution < -0.4 is 10.5 Å². The van der Waals surface area contributed by atoms with Crippen LogP contribution in [-0.2, 0) is 13.1 Å². The number of pyridine rings is 1. The first-order valence-electron chi connectivity index (χ1n) is 10.0. The molecule has 0 aliphatic rings. The lowest BCUT2D eigenvalue weighted by molar-refractivity contribution is 0.100. The highest BCUT2D eigenvalue weighted by molar-refractivity contribution is 5.99. The topological polar surface area (TPSA) is 86.3 Å². The van der Waals surface area contributed by atoms with Gasteiger partial charge in [-0.15, -0.1) is 0 Å². The van der Waals surface area contributed by atoms with Crippen LogP contribution in [0.4, 0.5) is 0 Å². The number of benzene rings is 1. The zero-order valence-electron chi connectivity index (χ0n) is 18.1. The van der Waals surface area contributed by atoms with Crippen molar-refractivity contribution >= 4 is 5.91 Å². The van der Waals surface area contributed by atoms with Crippen molar-refractivity contribution in [2.75, 3.05) is 20.7 Å². The highest BCUT2D eigenvalue weighted by Crippen LogP contribution is 2.33. The second-order valence-corrected chi connectivity index (χ2v) is 7.55. The highest BCUT2D eigenvalue weighted by Gasteiger charge is 2.18. The van der Waals surface area contributed by atoms with Crippen LogP contribution in [0.2, 0.25) is 0 Å². The summed E-state index contributed by atoms with van der Waals surface area (Å²) in [6, 6.07) is 9.73. The Morgan fingerprint density at radius 1 is 1.27 bits per heavy atom. The fourth-order valence-electron chi connectivity index (χ4n) is 3.46. The molecule has 0 aliphatic heterocycles. The average molecular weight is 408 g/mol. The quantitative estimate of drug-likeness (QED) is 0.589. The molecule has 3 aromatic rings. The maximum Gasteiger partial charge on any atom is 0.250 e. The lowest BCUT2D eigenvalue weighted by Crippen LogP contribution is -2.20. The number of hydrogen-bond donors (Lipinski definition) is 1. The average Bonchev–Trinajstić information content (AvgIpc) is 3.23. The summed E-state index contributed by atoms with van der Waals surface area (Å²) >= 11 is 0. The Hall–Kier alpha value is -3.19. The lowest BCUT2D eigenvalue weighted by Gasteiger charge is -2.19. The van der Waals surface area contributed by atoms with E-state index in [0.29, 0.717) is 17.0 Å². The van der Waals surface area contributed by atoms with Crippen LogP contribution >= 0.6 is 0 Å². The van der Waals surface area contributed by atoms with E-state index in [4.69, 9.17) is 10.5 Å². The number of aromatic nitrogens is 3. The normalized spacial score (nSPS) is 11.1. The van der Waals surface area contributed by atoms with Crippen LogP contribution in [0.3, 0.4) is 0 Å². The first-order chi connectivity index (χ1) is 14.4. The molecule has 2 N–H and O–H groups in total. The number of aryl methyl sites for hydroxylation is 3. The SMILES string of the molecule is COc1ccc(CN(C)CCCn2cccn2)cc1-c1nc(C)c(C)cc1C(N)=O. The van der Waals surface area contributed by atoms with Crippen molar-refractivity contribution < 1.29 is 9.53 Å². The molecule has 158 valence electrons. The highest BCUT2D eigenvalue weighted by atomic mass is 16.5. The third kappa shape index (κ3) is 5.04. The van der Waals surface area contributed by atoms with Crippen molar-refractivity contribution in [3.05, 3.63) is 65.1 Å². The molecule has 2 heterocycles. The summed E-state index contributed by atoms with van der Waals surface area (Å²) in [5.74, 6) is 0.169. The van der Waals surface area contributed by atoms with E-state index < -0.39 is 5.91 Å². The molecule has 0 bridgehead atoms. The molecule has 0 saturated carbocycles. The largest absolute Gasteiger partial charge is 0.496 e. The number of primary amides is 1. The molecule has 0 atom stereocenters. The number of rotatable bonds is 9. The molecule has 30 heavy (non-hydrogen) atoms. The van der Waals surface area contributed by atoms with Gasteiger partial charge in [0, 0.05) is 36.7 Å². The summed E-state index contributed by atoms with van der Waals surface area (Å²) in [4.78, 5) is 19.0. The molecule has 3 rings (SSSR count). The summed E-state index contributed by atoms with van der Waals surface area (Å²) < 4.78 is 7.50. The summed E-state index contributed by atoms with van der Waals surface area (Å²) in [6.45, 7) is 6.44. The Balaban J connectivity index is 1.82. The zero-order chi connectivity index (χ0) is 21.7. The molecule has 1 amide bonds. The van der Waals surface area contributed by atoms with Crippen molar-refractivity contribution in [1.82, 2.24) is 19.7 Å². The van der Waals surface area contributed by atoms with Gasteiger partial charge in [-0.1, -0.05) is 6.07 Å². The Morgan fingerprint density at radius 2 is 2.07 bits per heavy atom. The predicted molar refractivity (Wildman–Crippen MR) is 117 cm³/mol. The van der Waals surface area contributed by atoms with E-state index in [1.807, 2.05) is 49.0 Å². The molecule has 1 aromatic carbocycles. The van der Waals surface area contributed by atoms with Crippen LogP contribution in [-0.4, -0.2) is 46.3 Å². The van der Waals surface area contributed by atoms with E-state index in [9.17, 15) is 4.79 Å². The molecular weight excluding hydrogens is 378 g/mol. The summed E-state index contributed by atoms with van der Waals surface area (Å²) in [5.41, 5.74) is 10.3. The van der Waals surface area contributed by atoms with E-state index in [1.54, 1.807) is 19.4 Å². The van der Waals surface area contributed by atoms with E-state index in [1.165, 1.54) is 0 Å². The van der Waals surface area contributed by atoms with Crippen molar-refractivity contribution in [2.45, 2.75) is 33.4 Å². The van der Waals surface area contributed by atoms with Crippen molar-refractivity contribution in [1.29, 1.82) is 0 Å². The van der Waals surface area contributed by atoms with Gasteiger partial charge in [0.05, 0.1) is 18.4 Å². The van der Waals surface area contributed by atoms with Crippen LogP contribution in [0.25, 0.3) is 11.3 Å². The molecule has 0 fully saturated rings. The smallest absolute Gasteiger partial charge is 0.250 e. The molecule has 0 unspecified atom stereocenters. The Kier molecular flexibility index (Phi) is 6.84.